The summed E-state index contributed by atoms with van der Waals surface area (Å²) in [5.41, 5.74) is 5.48. The highest BCUT2D eigenvalue weighted by atomic mass is 16.4. The van der Waals surface area contributed by atoms with Gasteiger partial charge in [-0.05, 0) is 13.3 Å². The van der Waals surface area contributed by atoms with Crippen LogP contribution in [0.1, 0.15) is 19.8 Å². The summed E-state index contributed by atoms with van der Waals surface area (Å²) in [5, 5.41) is 51.4. The van der Waals surface area contributed by atoms with Gasteiger partial charge in [0.1, 0.15) is 12.1 Å². The van der Waals surface area contributed by atoms with Crippen molar-refractivity contribution in [1.29, 1.82) is 0 Å². The first-order valence-electron chi connectivity index (χ1n) is 8.45. The van der Waals surface area contributed by atoms with E-state index in [0.717, 1.165) is 6.92 Å². The van der Waals surface area contributed by atoms with Crippen molar-refractivity contribution in [3.63, 3.8) is 0 Å². The van der Waals surface area contributed by atoms with Crippen LogP contribution in [0.2, 0.25) is 0 Å². The smallest absolute Gasteiger partial charge is 0.328 e. The zero-order chi connectivity index (χ0) is 22.7. The van der Waals surface area contributed by atoms with Crippen molar-refractivity contribution in [3.05, 3.63) is 0 Å². The predicted octanol–water partition coefficient (Wildman–Crippen LogP) is -4.92. The van der Waals surface area contributed by atoms with Gasteiger partial charge >= 0.3 is 11.9 Å². The molecule has 0 rings (SSSR count). The second-order valence-electron chi connectivity index (χ2n) is 6.09. The second kappa shape index (κ2) is 12.6. The molecule has 0 aromatic rings. The van der Waals surface area contributed by atoms with Gasteiger partial charge in [0, 0.05) is 6.42 Å². The predicted molar refractivity (Wildman–Crippen MR) is 94.1 cm³/mol. The normalized spacial score (nSPS) is 15.9. The van der Waals surface area contributed by atoms with Crippen LogP contribution < -0.4 is 21.7 Å². The maximum atomic E-state index is 12.1. The molecular weight excluding hydrogens is 396 g/mol. The highest BCUT2D eigenvalue weighted by Crippen LogP contribution is 1.98. The number of hydrogen-bond donors (Lipinski definition) is 9. The average molecular weight is 422 g/mol. The molecule has 0 fully saturated rings. The Labute approximate surface area is 165 Å². The molecule has 0 spiro atoms. The van der Waals surface area contributed by atoms with Gasteiger partial charge in [-0.15, -0.1) is 0 Å². The minimum atomic E-state index is -1.70. The number of nitrogens with one attached hydrogen (secondary N) is 3. The van der Waals surface area contributed by atoms with Crippen LogP contribution in [-0.2, 0) is 24.0 Å². The Kier molecular flexibility index (Phi) is 11.4. The van der Waals surface area contributed by atoms with Gasteiger partial charge in [0.25, 0.3) is 0 Å². The molecular formula is C15H26N4O10. The molecule has 14 heteroatoms. The van der Waals surface area contributed by atoms with E-state index in [4.69, 9.17) is 15.9 Å². The number of carboxylic acid groups (broad SMARTS) is 2. The van der Waals surface area contributed by atoms with E-state index in [-0.39, 0.29) is 6.42 Å². The summed E-state index contributed by atoms with van der Waals surface area (Å²) in [4.78, 5) is 57.5. The van der Waals surface area contributed by atoms with E-state index < -0.39 is 79.6 Å². The number of carbonyl (C=O) groups is 5. The van der Waals surface area contributed by atoms with Crippen molar-refractivity contribution in [3.8, 4) is 0 Å². The number of amides is 3. The molecule has 0 aliphatic heterocycles. The Bertz CT molecular complexity index is 612. The minimum absolute atomic E-state index is 0.224. The third kappa shape index (κ3) is 9.29. The van der Waals surface area contributed by atoms with Gasteiger partial charge in [0.05, 0.1) is 25.4 Å². The standard InChI is InChI=1S/C15H26N4O10/c1-6(22)11(15(28)29)19-14(27)9(5-21)18-13(26)8(4-20)17-12(25)7(16)2-3-10(23)24/h6-9,11,20-22H,2-5,16H2,1H3,(H,17,25)(H,18,26)(H,19,27)(H,23,24)(H,28,29). The molecule has 0 heterocycles. The lowest BCUT2D eigenvalue weighted by atomic mass is 10.1. The van der Waals surface area contributed by atoms with Crippen molar-refractivity contribution in [2.45, 2.75) is 50.0 Å². The van der Waals surface area contributed by atoms with E-state index in [1.807, 2.05) is 10.6 Å². The maximum absolute atomic E-state index is 12.1. The molecule has 0 aliphatic rings. The third-order valence-corrected chi connectivity index (χ3v) is 3.68. The number of aliphatic hydroxyl groups is 3. The third-order valence-electron chi connectivity index (χ3n) is 3.68. The lowest BCUT2D eigenvalue weighted by molar-refractivity contribution is -0.145. The topological polar surface area (TPSA) is 249 Å². The number of aliphatic hydroxyl groups excluding tert-OH is 3. The molecule has 0 aromatic heterocycles. The van der Waals surface area contributed by atoms with Gasteiger partial charge in [-0.3, -0.25) is 19.2 Å². The van der Waals surface area contributed by atoms with Crippen LogP contribution in [0.5, 0.6) is 0 Å². The molecule has 0 aromatic carbocycles. The van der Waals surface area contributed by atoms with Crippen LogP contribution in [-0.4, -0.2) is 98.7 Å². The molecule has 29 heavy (non-hydrogen) atoms. The Balaban J connectivity index is 4.95. The summed E-state index contributed by atoms with van der Waals surface area (Å²) in [6.07, 6.45) is -2.09. The number of rotatable bonds is 13. The fourth-order valence-corrected chi connectivity index (χ4v) is 1.99. The summed E-state index contributed by atoms with van der Waals surface area (Å²) in [6, 6.07) is -6.19. The van der Waals surface area contributed by atoms with Gasteiger partial charge in [0.2, 0.25) is 17.7 Å². The molecule has 3 amide bonds. The van der Waals surface area contributed by atoms with Crippen molar-refractivity contribution in [1.82, 2.24) is 16.0 Å². The highest BCUT2D eigenvalue weighted by molar-refractivity contribution is 5.94. The summed E-state index contributed by atoms with van der Waals surface area (Å²) in [6.45, 7) is -0.751. The number of carboxylic acids is 2. The molecule has 14 nitrogen and oxygen atoms in total. The molecule has 10 N–H and O–H groups in total. The van der Waals surface area contributed by atoms with E-state index in [1.165, 1.54) is 0 Å². The lowest BCUT2D eigenvalue weighted by Crippen LogP contribution is -2.59. The highest BCUT2D eigenvalue weighted by Gasteiger charge is 2.31. The number of hydrogen-bond acceptors (Lipinski definition) is 9. The van der Waals surface area contributed by atoms with Crippen LogP contribution >= 0.6 is 0 Å². The van der Waals surface area contributed by atoms with Crippen molar-refractivity contribution in [2.24, 2.45) is 5.73 Å². The Morgan fingerprint density at radius 3 is 1.69 bits per heavy atom. The van der Waals surface area contributed by atoms with Gasteiger partial charge in [-0.2, -0.15) is 0 Å². The van der Waals surface area contributed by atoms with Crippen LogP contribution in [0.3, 0.4) is 0 Å². The zero-order valence-electron chi connectivity index (χ0n) is 15.6. The monoisotopic (exact) mass is 422 g/mol. The van der Waals surface area contributed by atoms with Crippen molar-refractivity contribution < 1.29 is 49.5 Å². The first kappa shape index (κ1) is 26.2. The SMILES string of the molecule is CC(O)C(NC(=O)C(CO)NC(=O)C(CO)NC(=O)C(N)CCC(=O)O)C(=O)O. The fraction of sp³-hybridized carbons (Fsp3) is 0.667. The number of nitrogens with two attached hydrogens (primary N) is 1. The molecule has 5 unspecified atom stereocenters. The van der Waals surface area contributed by atoms with E-state index in [0.29, 0.717) is 0 Å². The molecule has 0 saturated heterocycles. The van der Waals surface area contributed by atoms with Gasteiger partial charge in [0.15, 0.2) is 6.04 Å². The number of carbonyl (C=O) groups excluding carboxylic acids is 3. The Morgan fingerprint density at radius 1 is 0.862 bits per heavy atom. The van der Waals surface area contributed by atoms with Crippen LogP contribution in [0, 0.1) is 0 Å². The fourth-order valence-electron chi connectivity index (χ4n) is 1.99. The quantitative estimate of drug-likeness (QED) is 0.136. The summed E-state index contributed by atoms with van der Waals surface area (Å²) < 4.78 is 0. The molecule has 0 radical (unpaired) electrons. The van der Waals surface area contributed by atoms with Gasteiger partial charge < -0.3 is 47.2 Å². The van der Waals surface area contributed by atoms with Gasteiger partial charge in [-0.25, -0.2) is 4.79 Å². The Hall–Kier alpha value is -2.81. The lowest BCUT2D eigenvalue weighted by Gasteiger charge is -2.24. The first-order valence-corrected chi connectivity index (χ1v) is 8.45. The van der Waals surface area contributed by atoms with E-state index >= 15 is 0 Å². The largest absolute Gasteiger partial charge is 0.481 e. The minimum Gasteiger partial charge on any atom is -0.481 e. The first-order chi connectivity index (χ1) is 13.4. The average Bonchev–Trinajstić information content (AvgIpc) is 2.64. The molecule has 0 aliphatic carbocycles. The molecule has 0 bridgehead atoms. The van der Waals surface area contributed by atoms with E-state index in [9.17, 15) is 39.3 Å². The number of aliphatic carboxylic acids is 2. The summed E-state index contributed by atoms with van der Waals surface area (Å²) >= 11 is 0. The van der Waals surface area contributed by atoms with E-state index in [2.05, 4.69) is 5.32 Å². The van der Waals surface area contributed by atoms with Crippen LogP contribution in [0.25, 0.3) is 0 Å². The van der Waals surface area contributed by atoms with Gasteiger partial charge in [-0.1, -0.05) is 0 Å². The molecule has 0 saturated carbocycles. The Morgan fingerprint density at radius 2 is 1.31 bits per heavy atom. The summed E-state index contributed by atoms with van der Waals surface area (Å²) in [7, 11) is 0. The maximum Gasteiger partial charge on any atom is 0.328 e. The summed E-state index contributed by atoms with van der Waals surface area (Å²) in [5.74, 6) is -5.88. The zero-order valence-corrected chi connectivity index (χ0v) is 15.6. The molecule has 166 valence electrons. The van der Waals surface area contributed by atoms with Crippen LogP contribution in [0.4, 0.5) is 0 Å². The van der Waals surface area contributed by atoms with Crippen molar-refractivity contribution >= 4 is 29.7 Å². The molecule has 5 atom stereocenters. The van der Waals surface area contributed by atoms with Crippen LogP contribution in [0.15, 0.2) is 0 Å². The van der Waals surface area contributed by atoms with E-state index in [1.54, 1.807) is 0 Å². The second-order valence-corrected chi connectivity index (χ2v) is 6.09. The van der Waals surface area contributed by atoms with Crippen molar-refractivity contribution in [2.75, 3.05) is 13.2 Å².